The number of aryl methyl sites for hydroxylation is 1. The number of carboxylic acid groups (broad SMARTS) is 1. The predicted molar refractivity (Wildman–Crippen MR) is 69.8 cm³/mol. The van der Waals surface area contributed by atoms with Crippen LogP contribution in [0.2, 0.25) is 0 Å². The van der Waals surface area contributed by atoms with E-state index in [4.69, 9.17) is 5.11 Å². The highest BCUT2D eigenvalue weighted by atomic mass is 32.2. The molecule has 0 aliphatic heterocycles. The van der Waals surface area contributed by atoms with Crippen LogP contribution >= 0.6 is 11.8 Å². The zero-order valence-corrected chi connectivity index (χ0v) is 11.7. The molecule has 18 heavy (non-hydrogen) atoms. The van der Waals surface area contributed by atoms with Gasteiger partial charge in [0, 0.05) is 12.5 Å². The molecule has 0 atom stereocenters. The van der Waals surface area contributed by atoms with Gasteiger partial charge in [-0.25, -0.2) is 9.67 Å². The van der Waals surface area contributed by atoms with Crippen LogP contribution in [0, 0.1) is 0 Å². The summed E-state index contributed by atoms with van der Waals surface area (Å²) >= 11 is 1.23. The maximum atomic E-state index is 10.6. The molecular formula is C12H19N3O2S. The maximum absolute atomic E-state index is 10.6. The molecule has 0 aromatic carbocycles. The van der Waals surface area contributed by atoms with Crippen molar-refractivity contribution >= 4 is 17.7 Å². The van der Waals surface area contributed by atoms with Crippen molar-refractivity contribution in [3.63, 3.8) is 0 Å². The third kappa shape index (κ3) is 2.53. The fourth-order valence-corrected chi connectivity index (χ4v) is 3.27. The van der Waals surface area contributed by atoms with Crippen molar-refractivity contribution in [1.29, 1.82) is 0 Å². The fraction of sp³-hybridized carbons (Fsp3) is 0.750. The maximum Gasteiger partial charge on any atom is 0.313 e. The minimum atomic E-state index is -0.823. The summed E-state index contributed by atoms with van der Waals surface area (Å²) in [4.78, 5) is 15.1. The van der Waals surface area contributed by atoms with Gasteiger partial charge in [-0.3, -0.25) is 4.79 Å². The minimum absolute atomic E-state index is 0.0328. The van der Waals surface area contributed by atoms with Crippen LogP contribution in [0.15, 0.2) is 5.16 Å². The molecule has 1 aromatic heterocycles. The second-order valence-electron chi connectivity index (χ2n) is 4.86. The number of carboxylic acids is 1. The summed E-state index contributed by atoms with van der Waals surface area (Å²) in [5.41, 5.74) is 0.125. The highest BCUT2D eigenvalue weighted by molar-refractivity contribution is 7.99. The largest absolute Gasteiger partial charge is 0.481 e. The minimum Gasteiger partial charge on any atom is -0.481 e. The molecule has 1 saturated carbocycles. The van der Waals surface area contributed by atoms with E-state index in [0.29, 0.717) is 5.16 Å². The van der Waals surface area contributed by atoms with Crippen molar-refractivity contribution in [2.45, 2.75) is 49.6 Å². The first-order valence-corrected chi connectivity index (χ1v) is 7.32. The van der Waals surface area contributed by atoms with E-state index in [0.717, 1.165) is 25.1 Å². The van der Waals surface area contributed by atoms with Crippen LogP contribution in [0.5, 0.6) is 0 Å². The highest BCUT2D eigenvalue weighted by Crippen LogP contribution is 2.42. The van der Waals surface area contributed by atoms with E-state index in [1.807, 2.05) is 7.05 Å². The summed E-state index contributed by atoms with van der Waals surface area (Å²) in [5.74, 6) is 0.110. The zero-order chi connectivity index (χ0) is 13.2. The Balaban J connectivity index is 2.19. The van der Waals surface area contributed by atoms with Crippen molar-refractivity contribution in [2.75, 3.05) is 5.75 Å². The molecule has 1 heterocycles. The van der Waals surface area contributed by atoms with Gasteiger partial charge in [-0.2, -0.15) is 5.10 Å². The van der Waals surface area contributed by atoms with Gasteiger partial charge in [-0.15, -0.1) is 0 Å². The van der Waals surface area contributed by atoms with Crippen molar-refractivity contribution in [1.82, 2.24) is 14.8 Å². The topological polar surface area (TPSA) is 68.0 Å². The highest BCUT2D eigenvalue weighted by Gasteiger charge is 2.37. The second kappa shape index (κ2) is 5.30. The van der Waals surface area contributed by atoms with E-state index in [1.54, 1.807) is 4.68 Å². The van der Waals surface area contributed by atoms with E-state index < -0.39 is 5.97 Å². The third-order valence-electron chi connectivity index (χ3n) is 3.76. The van der Waals surface area contributed by atoms with Crippen molar-refractivity contribution in [3.8, 4) is 0 Å². The lowest BCUT2D eigenvalue weighted by Gasteiger charge is -2.23. The van der Waals surface area contributed by atoms with Crippen LogP contribution < -0.4 is 0 Å². The van der Waals surface area contributed by atoms with Crippen molar-refractivity contribution < 1.29 is 9.90 Å². The molecule has 0 unspecified atom stereocenters. The molecule has 5 nitrogen and oxygen atoms in total. The van der Waals surface area contributed by atoms with Gasteiger partial charge < -0.3 is 5.11 Å². The van der Waals surface area contributed by atoms with Crippen LogP contribution in [0.3, 0.4) is 0 Å². The van der Waals surface area contributed by atoms with E-state index in [1.165, 1.54) is 24.6 Å². The summed E-state index contributed by atoms with van der Waals surface area (Å²) in [6, 6.07) is 0. The molecule has 1 aliphatic rings. The second-order valence-corrected chi connectivity index (χ2v) is 5.81. The van der Waals surface area contributed by atoms with Crippen LogP contribution in [0.4, 0.5) is 0 Å². The normalized spacial score (nSPS) is 18.1. The first-order chi connectivity index (χ1) is 8.57. The Hall–Kier alpha value is -1.04. The standard InChI is InChI=1S/C12H19N3O2S/c1-3-12(6-4-5-7-12)10-13-11(15(2)14-10)18-8-9(16)17/h3-8H2,1-2H3,(H,16,17). The number of aromatic nitrogens is 3. The number of hydrogen-bond donors (Lipinski definition) is 1. The van der Waals surface area contributed by atoms with Crippen LogP contribution in [0.25, 0.3) is 0 Å². The van der Waals surface area contributed by atoms with E-state index in [9.17, 15) is 4.79 Å². The molecule has 1 N–H and O–H groups in total. The zero-order valence-electron chi connectivity index (χ0n) is 10.8. The van der Waals surface area contributed by atoms with Crippen molar-refractivity contribution in [2.24, 2.45) is 7.05 Å². The molecule has 100 valence electrons. The molecule has 0 saturated heterocycles. The molecule has 0 amide bonds. The van der Waals surface area contributed by atoms with Crippen LogP contribution in [-0.2, 0) is 17.3 Å². The molecule has 0 bridgehead atoms. The van der Waals surface area contributed by atoms with E-state index in [-0.39, 0.29) is 11.2 Å². The Bertz CT molecular complexity index is 439. The van der Waals surface area contributed by atoms with Gasteiger partial charge in [0.15, 0.2) is 11.0 Å². The van der Waals surface area contributed by atoms with Gasteiger partial charge in [0.1, 0.15) is 0 Å². The average Bonchev–Trinajstić information content (AvgIpc) is 2.94. The lowest BCUT2D eigenvalue weighted by atomic mass is 9.83. The molecule has 2 rings (SSSR count). The SMILES string of the molecule is CCC1(c2nc(SCC(=O)O)n(C)n2)CCCC1. The van der Waals surface area contributed by atoms with Gasteiger partial charge >= 0.3 is 5.97 Å². The first-order valence-electron chi connectivity index (χ1n) is 6.33. The lowest BCUT2D eigenvalue weighted by molar-refractivity contribution is -0.133. The number of aliphatic carboxylic acids is 1. The summed E-state index contributed by atoms with van der Waals surface area (Å²) in [5, 5.41) is 13.9. The fourth-order valence-electron chi connectivity index (χ4n) is 2.63. The molecule has 1 aromatic rings. The predicted octanol–water partition coefficient (Wildman–Crippen LogP) is 2.21. The van der Waals surface area contributed by atoms with Gasteiger partial charge in [-0.05, 0) is 19.3 Å². The number of hydrogen-bond acceptors (Lipinski definition) is 4. The van der Waals surface area contributed by atoms with Gasteiger partial charge in [-0.1, -0.05) is 31.5 Å². The number of thioether (sulfide) groups is 1. The Morgan fingerprint density at radius 1 is 1.50 bits per heavy atom. The molecular weight excluding hydrogens is 250 g/mol. The lowest BCUT2D eigenvalue weighted by Crippen LogP contribution is -2.22. The van der Waals surface area contributed by atoms with Crippen LogP contribution in [0.1, 0.15) is 44.9 Å². The smallest absolute Gasteiger partial charge is 0.313 e. The van der Waals surface area contributed by atoms with Gasteiger partial charge in [0.25, 0.3) is 0 Å². The molecule has 1 fully saturated rings. The summed E-state index contributed by atoms with van der Waals surface area (Å²) < 4.78 is 1.71. The molecule has 6 heteroatoms. The van der Waals surface area contributed by atoms with Crippen molar-refractivity contribution in [3.05, 3.63) is 5.82 Å². The Morgan fingerprint density at radius 3 is 2.72 bits per heavy atom. The summed E-state index contributed by atoms with van der Waals surface area (Å²) in [7, 11) is 1.83. The Labute approximate surface area is 111 Å². The molecule has 1 aliphatic carbocycles. The van der Waals surface area contributed by atoms with E-state index in [2.05, 4.69) is 17.0 Å². The van der Waals surface area contributed by atoms with Gasteiger partial charge in [0.05, 0.1) is 5.75 Å². The summed E-state index contributed by atoms with van der Waals surface area (Å²) in [6.07, 6.45) is 5.83. The number of rotatable bonds is 5. The number of nitrogens with zero attached hydrogens (tertiary/aromatic N) is 3. The number of carbonyl (C=O) groups is 1. The summed E-state index contributed by atoms with van der Waals surface area (Å²) in [6.45, 7) is 2.19. The van der Waals surface area contributed by atoms with Crippen LogP contribution in [-0.4, -0.2) is 31.6 Å². The quantitative estimate of drug-likeness (QED) is 0.830. The Kier molecular flexibility index (Phi) is 3.94. The third-order valence-corrected chi connectivity index (χ3v) is 4.76. The van der Waals surface area contributed by atoms with E-state index >= 15 is 0 Å². The monoisotopic (exact) mass is 269 g/mol. The molecule has 0 radical (unpaired) electrons. The van der Waals surface area contributed by atoms with Gasteiger partial charge in [0.2, 0.25) is 0 Å². The first kappa shape index (κ1) is 13.4. The Morgan fingerprint density at radius 2 is 2.17 bits per heavy atom. The molecule has 0 spiro atoms. The average molecular weight is 269 g/mol.